The zero-order chi connectivity index (χ0) is 25.3. The normalized spacial score (nSPS) is 13.2. The van der Waals surface area contributed by atoms with Gasteiger partial charge in [-0.3, -0.25) is 14.4 Å². The van der Waals surface area contributed by atoms with E-state index in [2.05, 4.69) is 10.3 Å². The quantitative estimate of drug-likeness (QED) is 0.362. The van der Waals surface area contributed by atoms with E-state index in [-0.39, 0.29) is 10.8 Å². The van der Waals surface area contributed by atoms with Crippen molar-refractivity contribution >= 4 is 38.1 Å². The van der Waals surface area contributed by atoms with Crippen molar-refractivity contribution in [2.75, 3.05) is 23.3 Å². The first-order chi connectivity index (χ1) is 17.4. The molecule has 0 bridgehead atoms. The lowest BCUT2D eigenvalue weighted by Crippen LogP contribution is -2.35. The molecule has 0 saturated heterocycles. The average molecular weight is 520 g/mol. The van der Waals surface area contributed by atoms with Gasteiger partial charge in [0.25, 0.3) is 15.9 Å². The monoisotopic (exact) mass is 519 g/mol. The Morgan fingerprint density at radius 1 is 1.03 bits per heavy atom. The van der Waals surface area contributed by atoms with Crippen LogP contribution in [0.2, 0.25) is 0 Å². The molecule has 0 aliphatic carbocycles. The van der Waals surface area contributed by atoms with Gasteiger partial charge in [-0.1, -0.05) is 18.2 Å². The Balaban J connectivity index is 1.32. The summed E-state index contributed by atoms with van der Waals surface area (Å²) in [5.41, 5.74) is 3.82. The molecule has 1 aliphatic rings. The first kappa shape index (κ1) is 24.0. The fraction of sp³-hybridized carbons (Fsp3) is 0.185. The van der Waals surface area contributed by atoms with E-state index >= 15 is 0 Å². The lowest BCUT2D eigenvalue weighted by atomic mass is 10.0. The highest BCUT2D eigenvalue weighted by Gasteiger charge is 2.29. The van der Waals surface area contributed by atoms with Crippen molar-refractivity contribution in [2.24, 2.45) is 0 Å². The Morgan fingerprint density at radius 3 is 2.47 bits per heavy atom. The summed E-state index contributed by atoms with van der Waals surface area (Å²) in [6.45, 7) is 2.38. The van der Waals surface area contributed by atoms with Crippen molar-refractivity contribution in [3.63, 3.8) is 0 Å². The number of carbonyl (C=O) groups is 1. The minimum atomic E-state index is -3.73. The molecule has 7 nitrogen and oxygen atoms in total. The molecular weight excluding hydrogens is 494 g/mol. The number of rotatable bonds is 6. The van der Waals surface area contributed by atoms with E-state index in [1.165, 1.54) is 39.9 Å². The maximum atomic E-state index is 13.3. The molecule has 0 unspecified atom stereocenters. The number of sulfonamides is 1. The van der Waals surface area contributed by atoms with Crippen LogP contribution in [0.3, 0.4) is 0 Å². The molecule has 2 heterocycles. The Hall–Kier alpha value is -3.69. The summed E-state index contributed by atoms with van der Waals surface area (Å²) in [7, 11) is -2.12. The van der Waals surface area contributed by atoms with E-state index in [4.69, 9.17) is 4.74 Å². The third-order valence-electron chi connectivity index (χ3n) is 6.15. The minimum absolute atomic E-state index is 0.155. The number of nitrogens with zero attached hydrogens (tertiary/aromatic N) is 2. The number of carbonyl (C=O) groups excluding carboxylic acids is 1. The van der Waals surface area contributed by atoms with Gasteiger partial charge < -0.3 is 4.74 Å². The van der Waals surface area contributed by atoms with E-state index in [0.717, 1.165) is 46.0 Å². The molecule has 184 valence electrons. The smallest absolute Gasteiger partial charge is 0.264 e. The Labute approximate surface area is 214 Å². The molecule has 3 aromatic carbocycles. The van der Waals surface area contributed by atoms with Crippen LogP contribution in [0.5, 0.6) is 5.75 Å². The highest BCUT2D eigenvalue weighted by Crippen LogP contribution is 2.33. The summed E-state index contributed by atoms with van der Waals surface area (Å²) >= 11 is 1.38. The van der Waals surface area contributed by atoms with Crippen molar-refractivity contribution in [3.05, 3.63) is 88.8 Å². The number of aromatic nitrogens is 1. The zero-order valence-electron chi connectivity index (χ0n) is 19.9. The third-order valence-corrected chi connectivity index (χ3v) is 8.87. The van der Waals surface area contributed by atoms with Gasteiger partial charge in [0.1, 0.15) is 5.75 Å². The van der Waals surface area contributed by atoms with Crippen molar-refractivity contribution in [1.29, 1.82) is 0 Å². The summed E-state index contributed by atoms with van der Waals surface area (Å²) in [6.07, 6.45) is 1.63. The number of hydrogen-bond acceptors (Lipinski definition) is 6. The van der Waals surface area contributed by atoms with Crippen LogP contribution in [0, 0.1) is 6.92 Å². The van der Waals surface area contributed by atoms with Crippen molar-refractivity contribution in [1.82, 2.24) is 4.98 Å². The molecule has 0 saturated carbocycles. The molecule has 9 heteroatoms. The standard InChI is InChI=1S/C27H25N3O4S2/c1-18-25(20-9-13-22(34-2)14-10-20)28-27(35-18)29-26(31)21-11-15-23(16-12-21)36(32,33)30-17-5-7-19-6-3-4-8-24(19)30/h3-4,6,8-16H,5,7,17H2,1-2H3,(H,28,29,31). The molecule has 36 heavy (non-hydrogen) atoms. The zero-order valence-corrected chi connectivity index (χ0v) is 21.5. The Morgan fingerprint density at radius 2 is 1.75 bits per heavy atom. The number of amides is 1. The van der Waals surface area contributed by atoms with Crippen molar-refractivity contribution in [2.45, 2.75) is 24.7 Å². The summed E-state index contributed by atoms with van der Waals surface area (Å²) in [5.74, 6) is 0.410. The van der Waals surface area contributed by atoms with E-state index in [1.807, 2.05) is 55.5 Å². The molecule has 0 radical (unpaired) electrons. The molecule has 1 N–H and O–H groups in total. The van der Waals surface area contributed by atoms with E-state index in [1.54, 1.807) is 7.11 Å². The van der Waals surface area contributed by atoms with E-state index in [0.29, 0.717) is 17.2 Å². The summed E-state index contributed by atoms with van der Waals surface area (Å²) < 4.78 is 33.4. The van der Waals surface area contributed by atoms with Crippen molar-refractivity contribution in [3.8, 4) is 17.0 Å². The number of fused-ring (bicyclic) bond motifs is 1. The number of benzene rings is 3. The molecule has 1 aromatic heterocycles. The van der Waals surface area contributed by atoms with Crippen LogP contribution in [0.25, 0.3) is 11.3 Å². The Bertz CT molecular complexity index is 1510. The maximum absolute atomic E-state index is 13.3. The first-order valence-electron chi connectivity index (χ1n) is 11.5. The highest BCUT2D eigenvalue weighted by molar-refractivity contribution is 7.92. The van der Waals surface area contributed by atoms with Gasteiger partial charge in [0.2, 0.25) is 0 Å². The van der Waals surface area contributed by atoms with Crippen LogP contribution in [0.1, 0.15) is 27.2 Å². The number of anilines is 2. The molecular formula is C27H25N3O4S2. The number of methoxy groups -OCH3 is 1. The number of aryl methyl sites for hydroxylation is 2. The lowest BCUT2D eigenvalue weighted by molar-refractivity contribution is 0.102. The molecule has 1 aliphatic heterocycles. The molecule has 1 amide bonds. The van der Waals surface area contributed by atoms with Gasteiger partial charge in [0, 0.05) is 22.5 Å². The summed E-state index contributed by atoms with van der Waals surface area (Å²) in [4.78, 5) is 18.6. The number of nitrogens with one attached hydrogen (secondary N) is 1. The fourth-order valence-electron chi connectivity index (χ4n) is 4.29. The van der Waals surface area contributed by atoms with Gasteiger partial charge in [-0.05, 0) is 79.9 Å². The van der Waals surface area contributed by atoms with Gasteiger partial charge in [0.05, 0.1) is 23.4 Å². The second-order valence-electron chi connectivity index (χ2n) is 8.44. The van der Waals surface area contributed by atoms with Gasteiger partial charge in [-0.2, -0.15) is 0 Å². The second-order valence-corrected chi connectivity index (χ2v) is 11.5. The van der Waals surface area contributed by atoms with Gasteiger partial charge in [-0.15, -0.1) is 11.3 Å². The molecule has 0 atom stereocenters. The van der Waals surface area contributed by atoms with Crippen LogP contribution >= 0.6 is 11.3 Å². The number of para-hydroxylation sites is 1. The SMILES string of the molecule is COc1ccc(-c2nc(NC(=O)c3ccc(S(=O)(=O)N4CCCc5ccccc54)cc3)sc2C)cc1. The van der Waals surface area contributed by atoms with Gasteiger partial charge in [-0.25, -0.2) is 13.4 Å². The first-order valence-corrected chi connectivity index (χ1v) is 13.8. The molecule has 5 rings (SSSR count). The van der Waals surface area contributed by atoms with E-state index < -0.39 is 10.0 Å². The topological polar surface area (TPSA) is 88.6 Å². The molecule has 0 spiro atoms. The highest BCUT2D eigenvalue weighted by atomic mass is 32.2. The summed E-state index contributed by atoms with van der Waals surface area (Å²) in [5, 5.41) is 3.31. The van der Waals surface area contributed by atoms with Crippen LogP contribution in [-0.4, -0.2) is 33.0 Å². The van der Waals surface area contributed by atoms with Crippen LogP contribution in [-0.2, 0) is 16.4 Å². The predicted molar refractivity (Wildman–Crippen MR) is 143 cm³/mol. The van der Waals surface area contributed by atoms with Gasteiger partial charge >= 0.3 is 0 Å². The average Bonchev–Trinajstić information content (AvgIpc) is 3.28. The second kappa shape index (κ2) is 9.75. The lowest BCUT2D eigenvalue weighted by Gasteiger charge is -2.30. The Kier molecular flexibility index (Phi) is 6.51. The number of hydrogen-bond donors (Lipinski definition) is 1. The number of thiazole rings is 1. The van der Waals surface area contributed by atoms with Crippen LogP contribution in [0.4, 0.5) is 10.8 Å². The molecule has 0 fully saturated rings. The predicted octanol–water partition coefficient (Wildman–Crippen LogP) is 5.52. The van der Waals surface area contributed by atoms with Crippen molar-refractivity contribution < 1.29 is 17.9 Å². The largest absolute Gasteiger partial charge is 0.497 e. The maximum Gasteiger partial charge on any atom is 0.264 e. The van der Waals surface area contributed by atoms with E-state index in [9.17, 15) is 13.2 Å². The third kappa shape index (κ3) is 4.59. The molecule has 4 aromatic rings. The minimum Gasteiger partial charge on any atom is -0.497 e. The summed E-state index contributed by atoms with van der Waals surface area (Å²) in [6, 6.07) is 21.2. The van der Waals surface area contributed by atoms with Gasteiger partial charge in [0.15, 0.2) is 5.13 Å². The fourth-order valence-corrected chi connectivity index (χ4v) is 6.66. The van der Waals surface area contributed by atoms with Crippen LogP contribution < -0.4 is 14.4 Å². The van der Waals surface area contributed by atoms with Crippen LogP contribution in [0.15, 0.2) is 77.7 Å². The number of ether oxygens (including phenoxy) is 1.